The number of rotatable bonds is 4. The van der Waals surface area contributed by atoms with E-state index in [9.17, 15) is 4.39 Å². The highest BCUT2D eigenvalue weighted by Crippen LogP contribution is 2.31. The van der Waals surface area contributed by atoms with Crippen LogP contribution in [-0.4, -0.2) is 27.3 Å². The van der Waals surface area contributed by atoms with Crippen LogP contribution in [0.5, 0.6) is 5.75 Å². The van der Waals surface area contributed by atoms with E-state index >= 15 is 0 Å². The van der Waals surface area contributed by atoms with Crippen LogP contribution in [0.25, 0.3) is 0 Å². The first-order chi connectivity index (χ1) is 8.27. The molecule has 94 valence electrons. The third-order valence-electron chi connectivity index (χ3n) is 3.24. The van der Waals surface area contributed by atoms with Gasteiger partial charge in [-0.05, 0) is 24.6 Å². The van der Waals surface area contributed by atoms with E-state index in [1.807, 2.05) is 12.1 Å². The maximum absolute atomic E-state index is 14.4. The predicted molar refractivity (Wildman–Crippen MR) is 63.9 cm³/mol. The summed E-state index contributed by atoms with van der Waals surface area (Å²) in [5, 5.41) is 3.25. The SMILES string of the molecule is COCc1c(OC)ccc(C2CCNC2)c1F. The molecule has 0 saturated carbocycles. The molecule has 1 N–H and O–H groups in total. The Morgan fingerprint density at radius 2 is 2.24 bits per heavy atom. The van der Waals surface area contributed by atoms with Gasteiger partial charge >= 0.3 is 0 Å². The second-order valence-corrected chi connectivity index (χ2v) is 4.27. The minimum absolute atomic E-state index is 0.181. The second kappa shape index (κ2) is 5.47. The van der Waals surface area contributed by atoms with Gasteiger partial charge in [0.1, 0.15) is 11.6 Å². The Morgan fingerprint density at radius 3 is 2.82 bits per heavy atom. The zero-order valence-electron chi connectivity index (χ0n) is 10.3. The minimum atomic E-state index is -0.181. The summed E-state index contributed by atoms with van der Waals surface area (Å²) in [6, 6.07) is 3.65. The predicted octanol–water partition coefficient (Wildman–Crippen LogP) is 2.06. The van der Waals surface area contributed by atoms with E-state index in [1.54, 1.807) is 14.2 Å². The van der Waals surface area contributed by atoms with Crippen LogP contribution >= 0.6 is 0 Å². The number of ether oxygens (including phenoxy) is 2. The lowest BCUT2D eigenvalue weighted by atomic mass is 9.95. The topological polar surface area (TPSA) is 30.5 Å². The molecule has 1 unspecified atom stereocenters. The molecule has 1 aromatic carbocycles. The van der Waals surface area contributed by atoms with Crippen molar-refractivity contribution in [2.45, 2.75) is 18.9 Å². The largest absolute Gasteiger partial charge is 0.496 e. The Morgan fingerprint density at radius 1 is 1.41 bits per heavy atom. The van der Waals surface area contributed by atoms with Gasteiger partial charge in [-0.3, -0.25) is 0 Å². The van der Waals surface area contributed by atoms with Gasteiger partial charge in [-0.25, -0.2) is 4.39 Å². The lowest BCUT2D eigenvalue weighted by molar-refractivity contribution is 0.177. The van der Waals surface area contributed by atoms with Gasteiger partial charge in [0.15, 0.2) is 0 Å². The van der Waals surface area contributed by atoms with Crippen molar-refractivity contribution in [3.05, 3.63) is 29.1 Å². The van der Waals surface area contributed by atoms with E-state index in [0.29, 0.717) is 11.3 Å². The van der Waals surface area contributed by atoms with Crippen LogP contribution in [0.3, 0.4) is 0 Å². The van der Waals surface area contributed by atoms with Gasteiger partial charge in [0.05, 0.1) is 19.3 Å². The fraction of sp³-hybridized carbons (Fsp3) is 0.538. The van der Waals surface area contributed by atoms with E-state index in [2.05, 4.69) is 5.32 Å². The fourth-order valence-electron chi connectivity index (χ4n) is 2.33. The number of hydrogen-bond donors (Lipinski definition) is 1. The lowest BCUT2D eigenvalue weighted by Crippen LogP contribution is -2.10. The molecule has 1 saturated heterocycles. The van der Waals surface area contributed by atoms with E-state index < -0.39 is 0 Å². The van der Waals surface area contributed by atoms with E-state index in [1.165, 1.54) is 0 Å². The number of halogens is 1. The fourth-order valence-corrected chi connectivity index (χ4v) is 2.33. The molecule has 0 amide bonds. The zero-order valence-corrected chi connectivity index (χ0v) is 10.3. The molecular weight excluding hydrogens is 221 g/mol. The van der Waals surface area contributed by atoms with E-state index in [4.69, 9.17) is 9.47 Å². The summed E-state index contributed by atoms with van der Waals surface area (Å²) in [5.74, 6) is 0.635. The van der Waals surface area contributed by atoms with Crippen LogP contribution in [0.1, 0.15) is 23.5 Å². The Labute approximate surface area is 101 Å². The molecule has 1 aliphatic heterocycles. The van der Waals surface area contributed by atoms with Crippen LogP contribution in [0.2, 0.25) is 0 Å². The van der Waals surface area contributed by atoms with Gasteiger partial charge in [-0.15, -0.1) is 0 Å². The normalized spacial score (nSPS) is 19.6. The highest BCUT2D eigenvalue weighted by Gasteiger charge is 2.23. The second-order valence-electron chi connectivity index (χ2n) is 4.27. The molecule has 1 atom stereocenters. The van der Waals surface area contributed by atoms with Crippen molar-refractivity contribution in [3.63, 3.8) is 0 Å². The first kappa shape index (κ1) is 12.3. The minimum Gasteiger partial charge on any atom is -0.496 e. The molecule has 0 radical (unpaired) electrons. The van der Waals surface area contributed by atoms with Gasteiger partial charge in [0.2, 0.25) is 0 Å². The maximum Gasteiger partial charge on any atom is 0.135 e. The van der Waals surface area contributed by atoms with Gasteiger partial charge in [-0.1, -0.05) is 6.07 Å². The summed E-state index contributed by atoms with van der Waals surface area (Å²) in [7, 11) is 3.10. The summed E-state index contributed by atoms with van der Waals surface area (Å²) < 4.78 is 24.6. The highest BCUT2D eigenvalue weighted by molar-refractivity contribution is 5.40. The summed E-state index contributed by atoms with van der Waals surface area (Å²) in [4.78, 5) is 0. The molecule has 3 nitrogen and oxygen atoms in total. The van der Waals surface area contributed by atoms with Gasteiger partial charge < -0.3 is 14.8 Å². The Balaban J connectivity index is 2.37. The lowest BCUT2D eigenvalue weighted by Gasteiger charge is -2.15. The van der Waals surface area contributed by atoms with E-state index in [0.717, 1.165) is 25.1 Å². The number of benzene rings is 1. The van der Waals surface area contributed by atoms with Crippen molar-refractivity contribution in [2.24, 2.45) is 0 Å². The monoisotopic (exact) mass is 239 g/mol. The van der Waals surface area contributed by atoms with Crippen molar-refractivity contribution >= 4 is 0 Å². The average molecular weight is 239 g/mol. The Kier molecular flexibility index (Phi) is 3.97. The van der Waals surface area contributed by atoms with Crippen molar-refractivity contribution in [2.75, 3.05) is 27.3 Å². The maximum atomic E-state index is 14.4. The van der Waals surface area contributed by atoms with Crippen molar-refractivity contribution in [3.8, 4) is 5.75 Å². The first-order valence-corrected chi connectivity index (χ1v) is 5.82. The summed E-state index contributed by atoms with van der Waals surface area (Å²) >= 11 is 0. The molecule has 0 spiro atoms. The molecular formula is C13H18FNO2. The van der Waals surface area contributed by atoms with Crippen LogP contribution in [0, 0.1) is 5.82 Å². The van der Waals surface area contributed by atoms with Crippen LogP contribution in [-0.2, 0) is 11.3 Å². The van der Waals surface area contributed by atoms with Crippen molar-refractivity contribution < 1.29 is 13.9 Å². The van der Waals surface area contributed by atoms with Gasteiger partial charge in [-0.2, -0.15) is 0 Å². The summed E-state index contributed by atoms with van der Waals surface area (Å²) in [5.41, 5.74) is 1.28. The molecule has 0 bridgehead atoms. The Bertz CT molecular complexity index is 389. The van der Waals surface area contributed by atoms with Gasteiger partial charge in [0.25, 0.3) is 0 Å². The highest BCUT2D eigenvalue weighted by atomic mass is 19.1. The molecule has 0 aromatic heterocycles. The van der Waals surface area contributed by atoms with Crippen LogP contribution in [0.15, 0.2) is 12.1 Å². The number of methoxy groups -OCH3 is 2. The number of hydrogen-bond acceptors (Lipinski definition) is 3. The number of nitrogens with one attached hydrogen (secondary N) is 1. The zero-order chi connectivity index (χ0) is 12.3. The quantitative estimate of drug-likeness (QED) is 0.872. The first-order valence-electron chi connectivity index (χ1n) is 5.82. The van der Waals surface area contributed by atoms with Crippen LogP contribution < -0.4 is 10.1 Å². The summed E-state index contributed by atoms with van der Waals surface area (Å²) in [6.07, 6.45) is 0.982. The molecule has 1 fully saturated rings. The van der Waals surface area contributed by atoms with Crippen LogP contribution in [0.4, 0.5) is 4.39 Å². The smallest absolute Gasteiger partial charge is 0.135 e. The third kappa shape index (κ3) is 2.42. The Hall–Kier alpha value is -1.13. The van der Waals surface area contributed by atoms with E-state index in [-0.39, 0.29) is 18.3 Å². The molecule has 1 heterocycles. The average Bonchev–Trinajstić information content (AvgIpc) is 2.85. The summed E-state index contributed by atoms with van der Waals surface area (Å²) in [6.45, 7) is 2.04. The van der Waals surface area contributed by atoms with Gasteiger partial charge in [0, 0.05) is 19.6 Å². The standard InChI is InChI=1S/C13H18FNO2/c1-16-8-11-12(17-2)4-3-10(13(11)14)9-5-6-15-7-9/h3-4,9,15H,5-8H2,1-2H3. The third-order valence-corrected chi connectivity index (χ3v) is 3.24. The molecule has 1 aliphatic rings. The molecule has 17 heavy (non-hydrogen) atoms. The molecule has 1 aromatic rings. The molecule has 2 rings (SSSR count). The van der Waals surface area contributed by atoms with Crippen molar-refractivity contribution in [1.29, 1.82) is 0 Å². The molecule has 4 heteroatoms. The van der Waals surface area contributed by atoms with Crippen molar-refractivity contribution in [1.82, 2.24) is 5.32 Å². The molecule has 0 aliphatic carbocycles.